The fourth-order valence-corrected chi connectivity index (χ4v) is 6.70. The minimum absolute atomic E-state index is 0.878. The molecule has 0 atom stereocenters. The van der Waals surface area contributed by atoms with Gasteiger partial charge in [0.05, 0.1) is 22.8 Å². The highest BCUT2D eigenvalue weighted by Crippen LogP contribution is 2.35. The minimum Gasteiger partial charge on any atom is -0.265 e. The van der Waals surface area contributed by atoms with Crippen LogP contribution >= 0.6 is 0 Å². The summed E-state index contributed by atoms with van der Waals surface area (Å²) in [5.74, 6) is 0. The van der Waals surface area contributed by atoms with Crippen molar-refractivity contribution in [2.75, 3.05) is 0 Å². The van der Waals surface area contributed by atoms with Gasteiger partial charge >= 0.3 is 0 Å². The number of nitrogens with zero attached hydrogens (tertiary/aromatic N) is 6. The summed E-state index contributed by atoms with van der Waals surface area (Å²) in [6.45, 7) is 0. The normalized spacial score (nSPS) is 11.0. The fraction of sp³-hybridized carbons (Fsp3) is 0. The summed E-state index contributed by atoms with van der Waals surface area (Å²) in [4.78, 5) is 27.3. The van der Waals surface area contributed by atoms with Gasteiger partial charge in [-0.25, -0.2) is 9.97 Å². The highest BCUT2D eigenvalue weighted by atomic mass is 14.7. The summed E-state index contributed by atoms with van der Waals surface area (Å²) < 4.78 is 0. The highest BCUT2D eigenvalue weighted by molar-refractivity contribution is 5.85. The molecule has 6 aromatic heterocycles. The van der Waals surface area contributed by atoms with Crippen molar-refractivity contribution in [3.63, 3.8) is 0 Å². The second-order valence-corrected chi connectivity index (χ2v) is 12.9. The Kier molecular flexibility index (Phi) is 8.81. The second kappa shape index (κ2) is 14.7. The van der Waals surface area contributed by atoms with Crippen LogP contribution in [0.15, 0.2) is 195 Å². The molecule has 6 heteroatoms. The first-order valence-electron chi connectivity index (χ1n) is 17.7. The van der Waals surface area contributed by atoms with Gasteiger partial charge in [-0.1, -0.05) is 84.9 Å². The lowest BCUT2D eigenvalue weighted by Gasteiger charge is -2.12. The molecular weight excluding hydrogens is 661 g/mol. The van der Waals surface area contributed by atoms with Gasteiger partial charge in [0, 0.05) is 83.0 Å². The van der Waals surface area contributed by atoms with E-state index in [0.717, 1.165) is 78.4 Å². The van der Waals surface area contributed by atoms with Crippen molar-refractivity contribution in [2.45, 2.75) is 0 Å². The van der Waals surface area contributed by atoms with Gasteiger partial charge in [-0.15, -0.1) is 0 Å². The third-order valence-corrected chi connectivity index (χ3v) is 9.50. The topological polar surface area (TPSA) is 77.3 Å². The number of benzene rings is 3. The van der Waals surface area contributed by atoms with E-state index in [2.05, 4.69) is 117 Å². The Labute approximate surface area is 313 Å². The molecule has 0 radical (unpaired) electrons. The summed E-state index contributed by atoms with van der Waals surface area (Å²) in [6.07, 6.45) is 14.6. The summed E-state index contributed by atoms with van der Waals surface area (Å²) in [6, 6.07) is 50.3. The molecule has 0 saturated heterocycles. The number of pyridine rings is 6. The smallest absolute Gasteiger partial charge is 0.0725 e. The van der Waals surface area contributed by atoms with Crippen LogP contribution < -0.4 is 0 Å². The van der Waals surface area contributed by atoms with Crippen LogP contribution in [0.2, 0.25) is 0 Å². The van der Waals surface area contributed by atoms with Crippen molar-refractivity contribution in [1.29, 1.82) is 0 Å². The largest absolute Gasteiger partial charge is 0.265 e. The zero-order chi connectivity index (χ0) is 36.1. The first kappa shape index (κ1) is 32.5. The van der Waals surface area contributed by atoms with Gasteiger partial charge in [0.1, 0.15) is 0 Å². The molecule has 0 bridgehead atoms. The molecule has 0 spiro atoms. The van der Waals surface area contributed by atoms with E-state index in [0.29, 0.717) is 0 Å². The highest BCUT2D eigenvalue weighted by Gasteiger charge is 2.11. The Bertz CT molecular complexity index is 2510. The molecule has 0 saturated carbocycles. The van der Waals surface area contributed by atoms with Crippen molar-refractivity contribution >= 4 is 0 Å². The van der Waals surface area contributed by atoms with E-state index >= 15 is 0 Å². The molecule has 9 aromatic rings. The molecule has 0 fully saturated rings. The van der Waals surface area contributed by atoms with E-state index in [1.165, 1.54) is 11.1 Å². The van der Waals surface area contributed by atoms with Crippen molar-refractivity contribution in [3.05, 3.63) is 195 Å². The van der Waals surface area contributed by atoms with E-state index < -0.39 is 0 Å². The van der Waals surface area contributed by atoms with Crippen LogP contribution in [0.3, 0.4) is 0 Å². The Balaban J connectivity index is 0.955. The lowest BCUT2D eigenvalue weighted by atomic mass is 9.93. The molecule has 0 amide bonds. The molecule has 0 aliphatic carbocycles. The van der Waals surface area contributed by atoms with Crippen molar-refractivity contribution in [2.24, 2.45) is 0 Å². The molecule has 0 N–H and O–H groups in total. The first-order chi connectivity index (χ1) is 26.7. The van der Waals surface area contributed by atoms with E-state index in [4.69, 9.17) is 9.97 Å². The zero-order valence-corrected chi connectivity index (χ0v) is 29.2. The maximum Gasteiger partial charge on any atom is 0.0725 e. The summed E-state index contributed by atoms with van der Waals surface area (Å²) in [7, 11) is 0. The molecule has 0 aliphatic rings. The van der Waals surface area contributed by atoms with E-state index in [9.17, 15) is 0 Å². The number of hydrogen-bond donors (Lipinski definition) is 0. The monoisotopic (exact) mass is 692 g/mol. The molecular formula is C48H32N6. The van der Waals surface area contributed by atoms with Crippen LogP contribution in [0.1, 0.15) is 0 Å². The van der Waals surface area contributed by atoms with Crippen molar-refractivity contribution in [1.82, 2.24) is 29.9 Å². The van der Waals surface area contributed by atoms with Crippen LogP contribution in [0.5, 0.6) is 0 Å². The zero-order valence-electron chi connectivity index (χ0n) is 29.2. The van der Waals surface area contributed by atoms with Gasteiger partial charge in [0.15, 0.2) is 0 Å². The second-order valence-electron chi connectivity index (χ2n) is 12.9. The molecule has 254 valence electrons. The van der Waals surface area contributed by atoms with Crippen LogP contribution in [-0.2, 0) is 0 Å². The predicted octanol–water partition coefficient (Wildman–Crippen LogP) is 11.4. The third-order valence-electron chi connectivity index (χ3n) is 9.50. The first-order valence-corrected chi connectivity index (χ1v) is 17.7. The van der Waals surface area contributed by atoms with Crippen molar-refractivity contribution < 1.29 is 0 Å². The lowest BCUT2D eigenvalue weighted by molar-refractivity contribution is 1.27. The molecule has 54 heavy (non-hydrogen) atoms. The predicted molar refractivity (Wildman–Crippen MR) is 217 cm³/mol. The van der Waals surface area contributed by atoms with Gasteiger partial charge in [-0.2, -0.15) is 0 Å². The summed E-state index contributed by atoms with van der Waals surface area (Å²) in [5, 5.41) is 0. The van der Waals surface area contributed by atoms with Gasteiger partial charge in [0.25, 0.3) is 0 Å². The lowest BCUT2D eigenvalue weighted by Crippen LogP contribution is -1.91. The number of hydrogen-bond acceptors (Lipinski definition) is 6. The van der Waals surface area contributed by atoms with Gasteiger partial charge in [0.2, 0.25) is 0 Å². The quantitative estimate of drug-likeness (QED) is 0.158. The van der Waals surface area contributed by atoms with Gasteiger partial charge in [-0.3, -0.25) is 19.9 Å². The van der Waals surface area contributed by atoms with Crippen LogP contribution in [0.25, 0.3) is 89.5 Å². The van der Waals surface area contributed by atoms with E-state index in [-0.39, 0.29) is 0 Å². The molecule has 0 aliphatic heterocycles. The molecule has 6 heterocycles. The Morgan fingerprint density at radius 1 is 0.241 bits per heavy atom. The Hall–Kier alpha value is -7.44. The molecule has 6 nitrogen and oxygen atoms in total. The summed E-state index contributed by atoms with van der Waals surface area (Å²) in [5.41, 5.74) is 16.4. The average molecular weight is 693 g/mol. The fourth-order valence-electron chi connectivity index (χ4n) is 6.70. The number of aromatic nitrogens is 6. The number of rotatable bonds is 8. The minimum atomic E-state index is 0.878. The Morgan fingerprint density at radius 2 is 0.593 bits per heavy atom. The van der Waals surface area contributed by atoms with Crippen LogP contribution in [0.4, 0.5) is 0 Å². The maximum atomic E-state index is 5.03. The van der Waals surface area contributed by atoms with E-state index in [1.54, 1.807) is 24.8 Å². The molecule has 3 aromatic carbocycles. The maximum absolute atomic E-state index is 5.03. The van der Waals surface area contributed by atoms with Gasteiger partial charge < -0.3 is 0 Å². The summed E-state index contributed by atoms with van der Waals surface area (Å²) >= 11 is 0. The van der Waals surface area contributed by atoms with Crippen molar-refractivity contribution in [3.8, 4) is 89.5 Å². The molecule has 0 unspecified atom stereocenters. The van der Waals surface area contributed by atoms with E-state index in [1.807, 2.05) is 73.3 Å². The van der Waals surface area contributed by atoms with Gasteiger partial charge in [-0.05, 0) is 94.0 Å². The standard InChI is InChI=1S/C48H32N6/c1-2-6-44(36-13-17-38(18-14-36)46-8-4-10-48(54-46)42-28-40(30-52-32-42)34-21-25-50-26-22-34)43(5-1)35-11-15-37(16-12-35)45-7-3-9-47(53-45)41-27-39(29-51-31-41)33-19-23-49-24-20-33/h1-32H. The SMILES string of the molecule is c1cc(-c2ccc(-c3ccccc3-c3ccc(-c4cccc(-c5cncc(-c6ccncc6)c5)n4)cc3)cc2)nc(-c2cncc(-c3ccncc3)c2)c1. The third kappa shape index (κ3) is 6.79. The van der Waals surface area contributed by atoms with Crippen LogP contribution in [-0.4, -0.2) is 29.9 Å². The van der Waals surface area contributed by atoms with Crippen LogP contribution in [0, 0.1) is 0 Å². The Morgan fingerprint density at radius 3 is 1.00 bits per heavy atom. The average Bonchev–Trinajstić information content (AvgIpc) is 3.27. The molecule has 9 rings (SSSR count).